The molecule has 0 aliphatic rings. The van der Waals surface area contributed by atoms with Crippen molar-refractivity contribution in [2.24, 2.45) is 5.10 Å². The van der Waals surface area contributed by atoms with Gasteiger partial charge in [0.25, 0.3) is 5.91 Å². The fourth-order valence-corrected chi connectivity index (χ4v) is 3.30. The minimum absolute atomic E-state index is 0.201. The fraction of sp³-hybridized carbons (Fsp3) is 0.214. The number of hydrazone groups is 1. The molecule has 3 aromatic carbocycles. The van der Waals surface area contributed by atoms with E-state index in [1.165, 1.54) is 6.21 Å². The van der Waals surface area contributed by atoms with Crippen molar-refractivity contribution in [3.05, 3.63) is 82.9 Å². The number of carbonyl (C=O) groups excluding carboxylic acids is 3. The second kappa shape index (κ2) is 12.9. The first-order chi connectivity index (χ1) is 17.8. The Hall–Kier alpha value is -4.66. The van der Waals surface area contributed by atoms with Gasteiger partial charge >= 0.3 is 11.8 Å². The lowest BCUT2D eigenvalue weighted by molar-refractivity contribution is -0.136. The first-order valence-electron chi connectivity index (χ1n) is 11.7. The third-order valence-corrected chi connectivity index (χ3v) is 5.27. The summed E-state index contributed by atoms with van der Waals surface area (Å²) in [5.41, 5.74) is 6.91. The maximum atomic E-state index is 12.4. The zero-order valence-electron chi connectivity index (χ0n) is 21.3. The van der Waals surface area contributed by atoms with Crippen molar-refractivity contribution >= 4 is 35.3 Å². The van der Waals surface area contributed by atoms with Crippen molar-refractivity contribution in [1.29, 1.82) is 0 Å². The quantitative estimate of drug-likeness (QED) is 0.231. The van der Waals surface area contributed by atoms with E-state index in [2.05, 4.69) is 21.2 Å². The van der Waals surface area contributed by atoms with E-state index in [9.17, 15) is 14.4 Å². The third-order valence-electron chi connectivity index (χ3n) is 5.27. The summed E-state index contributed by atoms with van der Waals surface area (Å²) < 4.78 is 11.3. The molecule has 0 bridgehead atoms. The Morgan fingerprint density at radius 3 is 2.32 bits per heavy atom. The summed E-state index contributed by atoms with van der Waals surface area (Å²) in [5, 5.41) is 9.24. The monoisotopic (exact) mass is 502 g/mol. The molecule has 0 saturated heterocycles. The SMILES string of the molecule is CCOc1cc(/C=N\NC(=O)C(=O)Nc2ccccc2C)ccc1OCC(=O)Nc1cc(C)ccc1C. The Bertz CT molecular complexity index is 1320. The molecular weight excluding hydrogens is 472 g/mol. The topological polar surface area (TPSA) is 118 Å². The Morgan fingerprint density at radius 1 is 0.811 bits per heavy atom. The molecule has 0 atom stereocenters. The van der Waals surface area contributed by atoms with Crippen LogP contribution in [0.1, 0.15) is 29.2 Å². The van der Waals surface area contributed by atoms with E-state index >= 15 is 0 Å². The van der Waals surface area contributed by atoms with Crippen LogP contribution >= 0.6 is 0 Å². The maximum absolute atomic E-state index is 12.4. The van der Waals surface area contributed by atoms with E-state index in [4.69, 9.17) is 9.47 Å². The summed E-state index contributed by atoms with van der Waals surface area (Å²) in [6.07, 6.45) is 1.37. The molecular formula is C28H30N4O5. The lowest BCUT2D eigenvalue weighted by atomic mass is 10.1. The van der Waals surface area contributed by atoms with Crippen LogP contribution in [0.5, 0.6) is 11.5 Å². The fourth-order valence-electron chi connectivity index (χ4n) is 3.30. The molecule has 0 aromatic heterocycles. The summed E-state index contributed by atoms with van der Waals surface area (Å²) in [6, 6.07) is 17.9. The third kappa shape index (κ3) is 7.93. The number of hydrogen-bond donors (Lipinski definition) is 3. The van der Waals surface area contributed by atoms with Crippen molar-refractivity contribution in [1.82, 2.24) is 5.43 Å². The molecule has 0 aliphatic heterocycles. The molecule has 37 heavy (non-hydrogen) atoms. The molecule has 3 aromatic rings. The Morgan fingerprint density at radius 2 is 1.57 bits per heavy atom. The van der Waals surface area contributed by atoms with E-state index in [1.807, 2.05) is 58.0 Å². The van der Waals surface area contributed by atoms with Crippen molar-refractivity contribution in [2.45, 2.75) is 27.7 Å². The number of rotatable bonds is 9. The predicted octanol–water partition coefficient (Wildman–Crippen LogP) is 4.12. The number of benzene rings is 3. The van der Waals surface area contributed by atoms with Gasteiger partial charge in [-0.3, -0.25) is 14.4 Å². The molecule has 9 nitrogen and oxygen atoms in total. The molecule has 0 spiro atoms. The molecule has 3 rings (SSSR count). The van der Waals surface area contributed by atoms with Crippen LogP contribution in [0.25, 0.3) is 0 Å². The first-order valence-corrected chi connectivity index (χ1v) is 11.7. The number of amides is 3. The van der Waals surface area contributed by atoms with Crippen LogP contribution in [0, 0.1) is 20.8 Å². The van der Waals surface area contributed by atoms with Crippen molar-refractivity contribution < 1.29 is 23.9 Å². The predicted molar refractivity (Wildman–Crippen MR) is 143 cm³/mol. The van der Waals surface area contributed by atoms with Crippen LogP contribution in [0.3, 0.4) is 0 Å². The lowest BCUT2D eigenvalue weighted by Crippen LogP contribution is -2.32. The van der Waals surface area contributed by atoms with E-state index in [0.717, 1.165) is 22.4 Å². The van der Waals surface area contributed by atoms with Crippen molar-refractivity contribution in [3.63, 3.8) is 0 Å². The average Bonchev–Trinajstić information content (AvgIpc) is 2.87. The Labute approximate surface area is 215 Å². The van der Waals surface area contributed by atoms with Crippen LogP contribution in [-0.2, 0) is 14.4 Å². The highest BCUT2D eigenvalue weighted by Gasteiger charge is 2.14. The molecule has 3 amide bonds. The second-order valence-electron chi connectivity index (χ2n) is 8.26. The smallest absolute Gasteiger partial charge is 0.329 e. The van der Waals surface area contributed by atoms with Gasteiger partial charge in [0, 0.05) is 11.4 Å². The van der Waals surface area contributed by atoms with Crippen LogP contribution < -0.4 is 25.5 Å². The number of para-hydroxylation sites is 1. The van der Waals surface area contributed by atoms with Gasteiger partial charge in [0.05, 0.1) is 12.8 Å². The highest BCUT2D eigenvalue weighted by atomic mass is 16.5. The molecule has 0 unspecified atom stereocenters. The highest BCUT2D eigenvalue weighted by Crippen LogP contribution is 2.28. The van der Waals surface area contributed by atoms with Gasteiger partial charge in [-0.15, -0.1) is 0 Å². The largest absolute Gasteiger partial charge is 0.490 e. The van der Waals surface area contributed by atoms with E-state index in [1.54, 1.807) is 30.3 Å². The summed E-state index contributed by atoms with van der Waals surface area (Å²) in [5.74, 6) is -1.23. The van der Waals surface area contributed by atoms with E-state index in [-0.39, 0.29) is 12.5 Å². The lowest BCUT2D eigenvalue weighted by Gasteiger charge is -2.13. The molecule has 0 aliphatic carbocycles. The van der Waals surface area contributed by atoms with Gasteiger partial charge in [-0.2, -0.15) is 5.10 Å². The number of hydrogen-bond acceptors (Lipinski definition) is 6. The zero-order chi connectivity index (χ0) is 26.8. The van der Waals surface area contributed by atoms with E-state index < -0.39 is 11.8 Å². The summed E-state index contributed by atoms with van der Waals surface area (Å²) in [4.78, 5) is 36.6. The zero-order valence-corrected chi connectivity index (χ0v) is 21.3. The number of anilines is 2. The molecule has 9 heteroatoms. The minimum Gasteiger partial charge on any atom is -0.490 e. The van der Waals surface area contributed by atoms with E-state index in [0.29, 0.717) is 29.4 Å². The minimum atomic E-state index is -0.903. The summed E-state index contributed by atoms with van der Waals surface area (Å²) >= 11 is 0. The molecule has 3 N–H and O–H groups in total. The van der Waals surface area contributed by atoms with Crippen molar-refractivity contribution in [3.8, 4) is 11.5 Å². The molecule has 0 fully saturated rings. The van der Waals surface area contributed by atoms with Crippen molar-refractivity contribution in [2.75, 3.05) is 23.8 Å². The highest BCUT2D eigenvalue weighted by molar-refractivity contribution is 6.39. The van der Waals surface area contributed by atoms with Crippen LogP contribution in [0.15, 0.2) is 65.8 Å². The Kier molecular flexibility index (Phi) is 9.37. The molecule has 192 valence electrons. The van der Waals surface area contributed by atoms with Gasteiger partial charge in [-0.1, -0.05) is 30.3 Å². The number of carbonyl (C=O) groups is 3. The maximum Gasteiger partial charge on any atom is 0.329 e. The van der Waals surface area contributed by atoms with Gasteiger partial charge in [-0.05, 0) is 80.3 Å². The number of nitrogens with zero attached hydrogens (tertiary/aromatic N) is 1. The average molecular weight is 503 g/mol. The van der Waals surface area contributed by atoms with Gasteiger partial charge in [0.15, 0.2) is 18.1 Å². The molecule has 0 heterocycles. The molecule has 0 saturated carbocycles. The molecule has 0 radical (unpaired) electrons. The standard InChI is InChI=1S/C28H30N4O5/c1-5-36-25-15-21(16-29-32-28(35)27(34)31-22-9-7-6-8-19(22)3)12-13-24(25)37-17-26(33)30-23-14-18(2)10-11-20(23)4/h6-16H,5,17H2,1-4H3,(H,30,33)(H,31,34)(H,32,35)/b29-16-. The Balaban J connectivity index is 1.58. The summed E-state index contributed by atoms with van der Waals surface area (Å²) in [6.45, 7) is 7.70. The van der Waals surface area contributed by atoms with Gasteiger partial charge in [-0.25, -0.2) is 5.43 Å². The van der Waals surface area contributed by atoms with Crippen LogP contribution in [-0.4, -0.2) is 37.1 Å². The van der Waals surface area contributed by atoms with Gasteiger partial charge in [0.1, 0.15) is 0 Å². The van der Waals surface area contributed by atoms with Crippen LogP contribution in [0.4, 0.5) is 11.4 Å². The first kappa shape index (κ1) is 26.9. The number of aryl methyl sites for hydroxylation is 3. The number of nitrogens with one attached hydrogen (secondary N) is 3. The van der Waals surface area contributed by atoms with Gasteiger partial charge < -0.3 is 20.1 Å². The number of ether oxygens (including phenoxy) is 2. The second-order valence-corrected chi connectivity index (χ2v) is 8.26. The van der Waals surface area contributed by atoms with Gasteiger partial charge in [0.2, 0.25) is 0 Å². The normalized spacial score (nSPS) is 10.6. The van der Waals surface area contributed by atoms with Crippen LogP contribution in [0.2, 0.25) is 0 Å². The summed E-state index contributed by atoms with van der Waals surface area (Å²) in [7, 11) is 0.